The summed E-state index contributed by atoms with van der Waals surface area (Å²) in [6.45, 7) is 10.7. The molecule has 1 saturated heterocycles. The third kappa shape index (κ3) is 3.99. The van der Waals surface area contributed by atoms with E-state index in [1.807, 2.05) is 12.1 Å². The molecule has 1 aliphatic heterocycles. The van der Waals surface area contributed by atoms with Gasteiger partial charge in [-0.25, -0.2) is 0 Å². The maximum Gasteiger partial charge on any atom is 0.115 e. The van der Waals surface area contributed by atoms with Crippen molar-refractivity contribution in [3.05, 3.63) is 29.8 Å². The van der Waals surface area contributed by atoms with Crippen molar-refractivity contribution in [1.82, 2.24) is 4.90 Å². The smallest absolute Gasteiger partial charge is 0.115 e. The van der Waals surface area contributed by atoms with Gasteiger partial charge in [-0.05, 0) is 67.8 Å². The van der Waals surface area contributed by atoms with Crippen LogP contribution in [0.1, 0.15) is 51.5 Å². The van der Waals surface area contributed by atoms with Gasteiger partial charge in [0, 0.05) is 6.54 Å². The molecule has 1 aromatic rings. The zero-order valence-electron chi connectivity index (χ0n) is 13.2. The standard InChI is InChI=1S/C18H29NO/c1-4-18(16-6-5-7-17(20)12-16)15(3)13-19-10-8-14(2)9-11-19/h5-7,12,14-15,18,20H,4,8-11,13H2,1-3H3/t15-,18+/m0/s1. The lowest BCUT2D eigenvalue weighted by Gasteiger charge is -2.34. The second-order valence-electron chi connectivity index (χ2n) is 6.57. The fourth-order valence-electron chi connectivity index (χ4n) is 3.50. The zero-order valence-corrected chi connectivity index (χ0v) is 13.2. The number of phenolic OH excluding ortho intramolecular Hbond substituents is 1. The van der Waals surface area contributed by atoms with E-state index in [1.54, 1.807) is 6.07 Å². The Balaban J connectivity index is 1.97. The number of hydrogen-bond acceptors (Lipinski definition) is 2. The first-order chi connectivity index (χ1) is 9.60. The normalized spacial score (nSPS) is 20.8. The minimum absolute atomic E-state index is 0.389. The van der Waals surface area contributed by atoms with Gasteiger partial charge in [-0.1, -0.05) is 32.9 Å². The van der Waals surface area contributed by atoms with Crippen molar-refractivity contribution in [2.24, 2.45) is 11.8 Å². The van der Waals surface area contributed by atoms with E-state index in [1.165, 1.54) is 38.0 Å². The topological polar surface area (TPSA) is 23.5 Å². The van der Waals surface area contributed by atoms with E-state index in [0.717, 1.165) is 12.3 Å². The van der Waals surface area contributed by atoms with E-state index < -0.39 is 0 Å². The highest BCUT2D eigenvalue weighted by molar-refractivity contribution is 5.30. The molecule has 0 spiro atoms. The van der Waals surface area contributed by atoms with Crippen LogP contribution >= 0.6 is 0 Å². The third-order valence-electron chi connectivity index (χ3n) is 4.85. The quantitative estimate of drug-likeness (QED) is 0.868. The van der Waals surface area contributed by atoms with Crippen LogP contribution in [0.2, 0.25) is 0 Å². The highest BCUT2D eigenvalue weighted by atomic mass is 16.3. The van der Waals surface area contributed by atoms with Crippen LogP contribution in [0.4, 0.5) is 0 Å². The number of piperidine rings is 1. The Morgan fingerprint density at radius 1 is 1.30 bits per heavy atom. The highest BCUT2D eigenvalue weighted by Crippen LogP contribution is 2.31. The van der Waals surface area contributed by atoms with Crippen LogP contribution < -0.4 is 0 Å². The van der Waals surface area contributed by atoms with Crippen LogP contribution in [0.3, 0.4) is 0 Å². The van der Waals surface area contributed by atoms with Crippen LogP contribution in [-0.4, -0.2) is 29.6 Å². The number of benzene rings is 1. The summed E-state index contributed by atoms with van der Waals surface area (Å²) in [7, 11) is 0. The molecule has 2 nitrogen and oxygen atoms in total. The van der Waals surface area contributed by atoms with Gasteiger partial charge in [-0.3, -0.25) is 0 Å². The van der Waals surface area contributed by atoms with Crippen molar-refractivity contribution < 1.29 is 5.11 Å². The molecule has 0 bridgehead atoms. The lowest BCUT2D eigenvalue weighted by Crippen LogP contribution is -2.37. The van der Waals surface area contributed by atoms with Crippen molar-refractivity contribution in [1.29, 1.82) is 0 Å². The van der Waals surface area contributed by atoms with E-state index in [0.29, 0.717) is 17.6 Å². The van der Waals surface area contributed by atoms with Gasteiger partial charge < -0.3 is 10.0 Å². The fourth-order valence-corrected chi connectivity index (χ4v) is 3.50. The maximum absolute atomic E-state index is 9.68. The summed E-state index contributed by atoms with van der Waals surface area (Å²) in [5, 5.41) is 9.68. The largest absolute Gasteiger partial charge is 0.508 e. The minimum Gasteiger partial charge on any atom is -0.508 e. The Morgan fingerprint density at radius 3 is 2.60 bits per heavy atom. The molecule has 0 unspecified atom stereocenters. The predicted molar refractivity (Wildman–Crippen MR) is 85.1 cm³/mol. The fraction of sp³-hybridized carbons (Fsp3) is 0.667. The van der Waals surface area contributed by atoms with Gasteiger partial charge in [-0.15, -0.1) is 0 Å². The monoisotopic (exact) mass is 275 g/mol. The Hall–Kier alpha value is -1.02. The molecular formula is C18H29NO. The highest BCUT2D eigenvalue weighted by Gasteiger charge is 2.23. The molecule has 0 amide bonds. The molecule has 0 aliphatic carbocycles. The average Bonchev–Trinajstić information content (AvgIpc) is 2.42. The van der Waals surface area contributed by atoms with Gasteiger partial charge in [-0.2, -0.15) is 0 Å². The molecular weight excluding hydrogens is 246 g/mol. The number of nitrogens with zero attached hydrogens (tertiary/aromatic N) is 1. The second kappa shape index (κ2) is 7.12. The maximum atomic E-state index is 9.68. The molecule has 0 aromatic heterocycles. The van der Waals surface area contributed by atoms with E-state index >= 15 is 0 Å². The number of aromatic hydroxyl groups is 1. The Bertz CT molecular complexity index is 410. The van der Waals surface area contributed by atoms with Crippen LogP contribution in [0.5, 0.6) is 5.75 Å². The molecule has 2 atom stereocenters. The summed E-state index contributed by atoms with van der Waals surface area (Å²) in [4.78, 5) is 2.62. The molecule has 1 N–H and O–H groups in total. The lowest BCUT2D eigenvalue weighted by molar-refractivity contribution is 0.161. The molecule has 1 aliphatic rings. The summed E-state index contributed by atoms with van der Waals surface area (Å²) >= 11 is 0. The molecule has 20 heavy (non-hydrogen) atoms. The second-order valence-corrected chi connectivity index (χ2v) is 6.57. The molecule has 1 aromatic carbocycles. The van der Waals surface area contributed by atoms with Crippen LogP contribution in [0, 0.1) is 11.8 Å². The first-order valence-corrected chi connectivity index (χ1v) is 8.11. The number of hydrogen-bond donors (Lipinski definition) is 1. The summed E-state index contributed by atoms with van der Waals surface area (Å²) in [5.74, 6) is 2.46. The Kier molecular flexibility index (Phi) is 5.47. The average molecular weight is 275 g/mol. The molecule has 2 heteroatoms. The number of likely N-dealkylation sites (tertiary alicyclic amines) is 1. The molecule has 0 radical (unpaired) electrons. The molecule has 1 heterocycles. The van der Waals surface area contributed by atoms with Gasteiger partial charge in [0.25, 0.3) is 0 Å². The van der Waals surface area contributed by atoms with Gasteiger partial charge in [0.15, 0.2) is 0 Å². The molecule has 0 saturated carbocycles. The van der Waals surface area contributed by atoms with Crippen LogP contribution in [0.15, 0.2) is 24.3 Å². The third-order valence-corrected chi connectivity index (χ3v) is 4.85. The van der Waals surface area contributed by atoms with E-state index in [-0.39, 0.29) is 0 Å². The van der Waals surface area contributed by atoms with Crippen molar-refractivity contribution in [3.8, 4) is 5.75 Å². The minimum atomic E-state index is 0.389. The number of rotatable bonds is 5. The number of phenols is 1. The first kappa shape index (κ1) is 15.4. The van der Waals surface area contributed by atoms with E-state index in [2.05, 4.69) is 31.7 Å². The first-order valence-electron chi connectivity index (χ1n) is 8.11. The van der Waals surface area contributed by atoms with Crippen LogP contribution in [0.25, 0.3) is 0 Å². The molecule has 112 valence electrons. The summed E-state index contributed by atoms with van der Waals surface area (Å²) < 4.78 is 0. The summed E-state index contributed by atoms with van der Waals surface area (Å²) in [6.07, 6.45) is 3.82. The van der Waals surface area contributed by atoms with Gasteiger partial charge in [0.1, 0.15) is 5.75 Å². The van der Waals surface area contributed by atoms with Gasteiger partial charge >= 0.3 is 0 Å². The van der Waals surface area contributed by atoms with Crippen molar-refractivity contribution in [2.45, 2.75) is 46.0 Å². The molecule has 1 fully saturated rings. The Morgan fingerprint density at radius 2 is 2.00 bits per heavy atom. The van der Waals surface area contributed by atoms with E-state index in [4.69, 9.17) is 0 Å². The van der Waals surface area contributed by atoms with Crippen molar-refractivity contribution in [2.75, 3.05) is 19.6 Å². The predicted octanol–water partition coefficient (Wildman–Crippen LogP) is 4.25. The van der Waals surface area contributed by atoms with Crippen LogP contribution in [-0.2, 0) is 0 Å². The zero-order chi connectivity index (χ0) is 14.5. The lowest BCUT2D eigenvalue weighted by atomic mass is 9.84. The molecule has 2 rings (SSSR count). The van der Waals surface area contributed by atoms with Gasteiger partial charge in [0.2, 0.25) is 0 Å². The SMILES string of the molecule is CC[C@@H](c1cccc(O)c1)[C@@H](C)CN1CCC(C)CC1. The van der Waals surface area contributed by atoms with Crippen molar-refractivity contribution >= 4 is 0 Å². The van der Waals surface area contributed by atoms with E-state index in [9.17, 15) is 5.11 Å². The van der Waals surface area contributed by atoms with Gasteiger partial charge in [0.05, 0.1) is 0 Å². The summed E-state index contributed by atoms with van der Waals surface area (Å²) in [6, 6.07) is 7.81. The van der Waals surface area contributed by atoms with Crippen molar-refractivity contribution in [3.63, 3.8) is 0 Å². The summed E-state index contributed by atoms with van der Waals surface area (Å²) in [5.41, 5.74) is 1.28. The Labute approximate surface area is 123 Å².